The average molecular weight is 430 g/mol. The van der Waals surface area contributed by atoms with Crippen molar-refractivity contribution in [1.29, 1.82) is 0 Å². The number of carbonyl (C=O) groups excluding carboxylic acids is 2. The fraction of sp³-hybridized carbons (Fsp3) is 0.364. The number of hydrogen-bond donors (Lipinski definition) is 2. The van der Waals surface area contributed by atoms with Gasteiger partial charge in [0.05, 0.1) is 10.5 Å². The Morgan fingerprint density at radius 1 is 1.10 bits per heavy atom. The number of hydrogen-bond acceptors (Lipinski definition) is 4. The molecule has 3 rings (SSSR count). The van der Waals surface area contributed by atoms with Gasteiger partial charge in [0, 0.05) is 31.6 Å². The van der Waals surface area contributed by atoms with Gasteiger partial charge in [0.15, 0.2) is 9.84 Å². The van der Waals surface area contributed by atoms with Gasteiger partial charge in [0.25, 0.3) is 5.91 Å². The minimum absolute atomic E-state index is 0.0488. The molecule has 8 heteroatoms. The van der Waals surface area contributed by atoms with Crippen LogP contribution in [0.5, 0.6) is 0 Å². The highest BCUT2D eigenvalue weighted by Gasteiger charge is 2.27. The van der Waals surface area contributed by atoms with E-state index in [1.54, 1.807) is 23.1 Å². The summed E-state index contributed by atoms with van der Waals surface area (Å²) >= 11 is 0. The molecule has 2 aromatic rings. The Labute approximate surface area is 177 Å². The van der Waals surface area contributed by atoms with E-state index in [1.807, 2.05) is 31.2 Å². The first-order chi connectivity index (χ1) is 14.2. The zero-order valence-corrected chi connectivity index (χ0v) is 18.0. The van der Waals surface area contributed by atoms with Crippen molar-refractivity contribution in [3.63, 3.8) is 0 Å². The van der Waals surface area contributed by atoms with Gasteiger partial charge >= 0.3 is 6.03 Å². The molecule has 1 aliphatic rings. The molecule has 1 aliphatic heterocycles. The van der Waals surface area contributed by atoms with Crippen LogP contribution < -0.4 is 10.6 Å². The van der Waals surface area contributed by atoms with Crippen molar-refractivity contribution in [1.82, 2.24) is 10.2 Å². The van der Waals surface area contributed by atoms with Crippen LogP contribution in [-0.4, -0.2) is 51.1 Å². The number of benzene rings is 2. The van der Waals surface area contributed by atoms with E-state index in [0.29, 0.717) is 19.6 Å². The summed E-state index contributed by atoms with van der Waals surface area (Å²) in [6.07, 6.45) is 2.80. The quantitative estimate of drug-likeness (QED) is 0.764. The summed E-state index contributed by atoms with van der Waals surface area (Å²) in [5.74, 6) is -0.179. The molecule has 0 radical (unpaired) electrons. The summed E-state index contributed by atoms with van der Waals surface area (Å²) < 4.78 is 24.1. The predicted octanol–water partition coefficient (Wildman–Crippen LogP) is 3.07. The van der Waals surface area contributed by atoms with Crippen LogP contribution in [0.1, 0.15) is 28.8 Å². The normalized spacial score (nSPS) is 16.7. The molecule has 1 saturated heterocycles. The molecule has 1 unspecified atom stereocenters. The van der Waals surface area contributed by atoms with Crippen LogP contribution in [0.3, 0.4) is 0 Å². The van der Waals surface area contributed by atoms with E-state index in [-0.39, 0.29) is 28.3 Å². The average Bonchev–Trinajstić information content (AvgIpc) is 2.73. The van der Waals surface area contributed by atoms with Crippen LogP contribution >= 0.6 is 0 Å². The summed E-state index contributed by atoms with van der Waals surface area (Å²) in [5, 5.41) is 5.66. The van der Waals surface area contributed by atoms with E-state index in [0.717, 1.165) is 30.3 Å². The monoisotopic (exact) mass is 429 g/mol. The second-order valence-electron chi connectivity index (χ2n) is 7.73. The SMILES string of the molecule is Cc1ccc(NC(=O)NCC2CCCN(C(=O)c3ccccc3S(C)(=O)=O)C2)cc1. The number of aryl methyl sites for hydroxylation is 1. The van der Waals surface area contributed by atoms with E-state index in [2.05, 4.69) is 10.6 Å². The molecule has 7 nitrogen and oxygen atoms in total. The number of urea groups is 1. The minimum atomic E-state index is -3.50. The van der Waals surface area contributed by atoms with Crippen molar-refractivity contribution in [2.45, 2.75) is 24.7 Å². The maximum Gasteiger partial charge on any atom is 0.319 e. The first-order valence-electron chi connectivity index (χ1n) is 9.94. The number of likely N-dealkylation sites (tertiary alicyclic amines) is 1. The number of sulfone groups is 1. The Morgan fingerprint density at radius 3 is 2.50 bits per heavy atom. The van der Waals surface area contributed by atoms with Crippen molar-refractivity contribution in [2.75, 3.05) is 31.2 Å². The number of nitrogens with one attached hydrogen (secondary N) is 2. The number of rotatable bonds is 5. The van der Waals surface area contributed by atoms with E-state index in [4.69, 9.17) is 0 Å². The zero-order valence-electron chi connectivity index (χ0n) is 17.2. The molecular weight excluding hydrogens is 402 g/mol. The molecule has 0 bridgehead atoms. The maximum absolute atomic E-state index is 13.0. The van der Waals surface area contributed by atoms with E-state index >= 15 is 0 Å². The van der Waals surface area contributed by atoms with Gasteiger partial charge in [0.1, 0.15) is 0 Å². The molecular formula is C22H27N3O4S. The smallest absolute Gasteiger partial charge is 0.319 e. The van der Waals surface area contributed by atoms with Crippen molar-refractivity contribution in [2.24, 2.45) is 5.92 Å². The highest BCUT2D eigenvalue weighted by Crippen LogP contribution is 2.22. The lowest BCUT2D eigenvalue weighted by molar-refractivity contribution is 0.0671. The molecule has 0 saturated carbocycles. The number of nitrogens with zero attached hydrogens (tertiary/aromatic N) is 1. The molecule has 160 valence electrons. The van der Waals surface area contributed by atoms with Crippen LogP contribution in [0.15, 0.2) is 53.4 Å². The summed E-state index contributed by atoms with van der Waals surface area (Å²) in [6.45, 7) is 3.47. The second-order valence-corrected chi connectivity index (χ2v) is 9.71. The third kappa shape index (κ3) is 5.60. The van der Waals surface area contributed by atoms with Gasteiger partial charge in [-0.15, -0.1) is 0 Å². The van der Waals surface area contributed by atoms with E-state index < -0.39 is 9.84 Å². The molecule has 3 amide bonds. The Bertz CT molecular complexity index is 1020. The van der Waals surface area contributed by atoms with Crippen molar-refractivity contribution < 1.29 is 18.0 Å². The highest BCUT2D eigenvalue weighted by molar-refractivity contribution is 7.90. The van der Waals surface area contributed by atoms with Gasteiger partial charge in [0.2, 0.25) is 0 Å². The molecule has 30 heavy (non-hydrogen) atoms. The Kier molecular flexibility index (Phi) is 6.77. The van der Waals surface area contributed by atoms with Gasteiger partial charge in [-0.1, -0.05) is 29.8 Å². The lowest BCUT2D eigenvalue weighted by Gasteiger charge is -2.33. The molecule has 0 aromatic heterocycles. The summed E-state index contributed by atoms with van der Waals surface area (Å²) in [5.41, 5.74) is 2.03. The first kappa shape index (κ1) is 21.8. The van der Waals surface area contributed by atoms with Crippen LogP contribution in [0.4, 0.5) is 10.5 Å². The van der Waals surface area contributed by atoms with Crippen molar-refractivity contribution in [3.8, 4) is 0 Å². The Morgan fingerprint density at radius 2 is 1.80 bits per heavy atom. The standard InChI is InChI=1S/C22H27N3O4S/c1-16-9-11-18(12-10-16)24-22(27)23-14-17-6-5-13-25(15-17)21(26)19-7-3-4-8-20(19)30(2,28)29/h3-4,7-12,17H,5-6,13-15H2,1-2H3,(H2,23,24,27). The topological polar surface area (TPSA) is 95.6 Å². The predicted molar refractivity (Wildman–Crippen MR) is 116 cm³/mol. The molecule has 0 aliphatic carbocycles. The molecule has 1 heterocycles. The number of amides is 3. The molecule has 1 fully saturated rings. The molecule has 0 spiro atoms. The van der Waals surface area contributed by atoms with Gasteiger partial charge in [-0.05, 0) is 49.9 Å². The van der Waals surface area contributed by atoms with Gasteiger partial charge < -0.3 is 15.5 Å². The van der Waals surface area contributed by atoms with Crippen molar-refractivity contribution in [3.05, 3.63) is 59.7 Å². The van der Waals surface area contributed by atoms with Crippen LogP contribution in [0.2, 0.25) is 0 Å². The minimum Gasteiger partial charge on any atom is -0.338 e. The van der Waals surface area contributed by atoms with Gasteiger partial charge in [-0.25, -0.2) is 13.2 Å². The van der Waals surface area contributed by atoms with Crippen LogP contribution in [0, 0.1) is 12.8 Å². The Hall–Kier alpha value is -2.87. The second kappa shape index (κ2) is 9.30. The Balaban J connectivity index is 1.58. The van der Waals surface area contributed by atoms with E-state index in [9.17, 15) is 18.0 Å². The first-order valence-corrected chi connectivity index (χ1v) is 11.8. The van der Waals surface area contributed by atoms with E-state index in [1.165, 1.54) is 6.07 Å². The number of piperidine rings is 1. The number of carbonyl (C=O) groups is 2. The largest absolute Gasteiger partial charge is 0.338 e. The molecule has 2 N–H and O–H groups in total. The van der Waals surface area contributed by atoms with Crippen molar-refractivity contribution >= 4 is 27.5 Å². The molecule has 2 aromatic carbocycles. The van der Waals surface area contributed by atoms with Crippen LogP contribution in [0.25, 0.3) is 0 Å². The summed E-state index contributed by atoms with van der Waals surface area (Å²) in [4.78, 5) is 26.9. The lowest BCUT2D eigenvalue weighted by atomic mass is 9.97. The summed E-state index contributed by atoms with van der Waals surface area (Å²) in [6, 6.07) is 13.5. The third-order valence-corrected chi connectivity index (χ3v) is 6.34. The van der Waals surface area contributed by atoms with Crippen LogP contribution in [-0.2, 0) is 9.84 Å². The summed E-state index contributed by atoms with van der Waals surface area (Å²) in [7, 11) is -3.50. The van der Waals surface area contributed by atoms with Gasteiger partial charge in [-0.3, -0.25) is 4.79 Å². The fourth-order valence-electron chi connectivity index (χ4n) is 3.60. The van der Waals surface area contributed by atoms with Gasteiger partial charge in [-0.2, -0.15) is 0 Å². The lowest BCUT2D eigenvalue weighted by Crippen LogP contribution is -2.44. The highest BCUT2D eigenvalue weighted by atomic mass is 32.2. The fourth-order valence-corrected chi connectivity index (χ4v) is 4.48. The zero-order chi connectivity index (χ0) is 21.7. The molecule has 1 atom stereocenters. The number of anilines is 1. The third-order valence-electron chi connectivity index (χ3n) is 5.18. The maximum atomic E-state index is 13.0.